The second kappa shape index (κ2) is 6.51. The number of nitrogens with zero attached hydrogens (tertiary/aromatic N) is 2. The molecule has 3 N–H and O–H groups in total. The molecule has 0 amide bonds. The molecular formula is C12H16N4O. The molecule has 0 spiro atoms. The zero-order chi connectivity index (χ0) is 12.7. The van der Waals surface area contributed by atoms with E-state index in [4.69, 9.17) is 15.7 Å². The summed E-state index contributed by atoms with van der Waals surface area (Å²) >= 11 is 0. The second-order valence-corrected chi connectivity index (χ2v) is 3.71. The average Bonchev–Trinajstić information content (AvgIpc) is 2.30. The number of nitriles is 1. The lowest BCUT2D eigenvalue weighted by molar-refractivity contribution is 0.167. The summed E-state index contributed by atoms with van der Waals surface area (Å²) in [5.41, 5.74) is 7.63. The highest BCUT2D eigenvalue weighted by Crippen LogP contribution is 2.15. The third-order valence-corrected chi connectivity index (χ3v) is 1.93. The highest BCUT2D eigenvalue weighted by atomic mass is 16.5. The molecule has 0 saturated carbocycles. The van der Waals surface area contributed by atoms with Crippen molar-refractivity contribution in [3.8, 4) is 6.07 Å². The van der Waals surface area contributed by atoms with Gasteiger partial charge in [-0.25, -0.2) is 4.98 Å². The molecule has 1 rings (SSSR count). The van der Waals surface area contributed by atoms with Crippen LogP contribution in [0.5, 0.6) is 0 Å². The summed E-state index contributed by atoms with van der Waals surface area (Å²) in [5, 5.41) is 11.7. The molecule has 0 unspecified atom stereocenters. The van der Waals surface area contributed by atoms with Crippen LogP contribution >= 0.6 is 0 Å². The Labute approximate surface area is 101 Å². The Balaban J connectivity index is 2.37. The van der Waals surface area contributed by atoms with Crippen LogP contribution in [0.1, 0.15) is 12.5 Å². The molecule has 0 aliphatic heterocycles. The maximum atomic E-state index is 8.66. The second-order valence-electron chi connectivity index (χ2n) is 3.71. The predicted octanol–water partition coefficient (Wildman–Crippen LogP) is 1.54. The van der Waals surface area contributed by atoms with Gasteiger partial charge in [0.2, 0.25) is 0 Å². The Morgan fingerprint density at radius 3 is 3.06 bits per heavy atom. The fraction of sp³-hybridized carbons (Fsp3) is 0.333. The van der Waals surface area contributed by atoms with Crippen LogP contribution in [-0.4, -0.2) is 24.7 Å². The normalized spacial score (nSPS) is 9.65. The Morgan fingerprint density at radius 2 is 2.47 bits per heavy atom. The summed E-state index contributed by atoms with van der Waals surface area (Å²) in [5.74, 6) is 0.572. The van der Waals surface area contributed by atoms with Crippen molar-refractivity contribution in [3.05, 3.63) is 30.0 Å². The number of nitrogens with two attached hydrogens (primary N) is 1. The number of pyridine rings is 1. The minimum absolute atomic E-state index is 0.451. The molecule has 0 atom stereocenters. The summed E-state index contributed by atoms with van der Waals surface area (Å²) < 4.78 is 5.32. The zero-order valence-corrected chi connectivity index (χ0v) is 9.86. The fourth-order valence-corrected chi connectivity index (χ4v) is 1.18. The highest BCUT2D eigenvalue weighted by Gasteiger charge is 2.01. The topological polar surface area (TPSA) is 84.0 Å². The number of nitrogens with one attached hydrogen (secondary N) is 1. The first-order valence-electron chi connectivity index (χ1n) is 5.25. The van der Waals surface area contributed by atoms with Crippen LogP contribution in [0.4, 0.5) is 11.5 Å². The van der Waals surface area contributed by atoms with Gasteiger partial charge in [0.25, 0.3) is 0 Å². The van der Waals surface area contributed by atoms with Crippen molar-refractivity contribution < 1.29 is 4.74 Å². The van der Waals surface area contributed by atoms with E-state index in [9.17, 15) is 0 Å². The third-order valence-electron chi connectivity index (χ3n) is 1.93. The smallest absolute Gasteiger partial charge is 0.149 e. The lowest BCUT2D eigenvalue weighted by Gasteiger charge is -2.08. The number of hydrogen-bond donors (Lipinski definition) is 2. The molecule has 0 saturated heterocycles. The van der Waals surface area contributed by atoms with Gasteiger partial charge in [0, 0.05) is 12.7 Å². The number of ether oxygens (including phenoxy) is 1. The number of hydrogen-bond acceptors (Lipinski definition) is 5. The molecule has 1 aromatic rings. The van der Waals surface area contributed by atoms with Crippen LogP contribution in [0.25, 0.3) is 0 Å². The Bertz CT molecular complexity index is 437. The standard InChI is InChI=1S/C12H16N4O/c1-9(2)8-17-4-3-15-12-11(14)5-10(6-13)7-16-12/h5,7H,1,3-4,8,14H2,2H3,(H,15,16). The summed E-state index contributed by atoms with van der Waals surface area (Å²) in [6.07, 6.45) is 1.48. The summed E-state index contributed by atoms with van der Waals surface area (Å²) in [6, 6.07) is 3.57. The van der Waals surface area contributed by atoms with Crippen molar-refractivity contribution in [1.82, 2.24) is 4.98 Å². The SMILES string of the molecule is C=C(C)COCCNc1ncc(C#N)cc1N. The first-order valence-corrected chi connectivity index (χ1v) is 5.25. The van der Waals surface area contributed by atoms with E-state index in [0.29, 0.717) is 36.8 Å². The summed E-state index contributed by atoms with van der Waals surface area (Å²) in [7, 11) is 0. The molecule has 0 aromatic carbocycles. The Hall–Kier alpha value is -2.06. The van der Waals surface area contributed by atoms with Gasteiger partial charge in [-0.2, -0.15) is 5.26 Å². The van der Waals surface area contributed by atoms with Crippen LogP contribution < -0.4 is 11.1 Å². The highest BCUT2D eigenvalue weighted by molar-refractivity contribution is 5.62. The quantitative estimate of drug-likeness (QED) is 0.574. The fourth-order valence-electron chi connectivity index (χ4n) is 1.18. The number of nitrogen functional groups attached to an aromatic ring is 1. The van der Waals surface area contributed by atoms with E-state index in [1.165, 1.54) is 6.20 Å². The van der Waals surface area contributed by atoms with E-state index in [1.54, 1.807) is 6.07 Å². The number of rotatable bonds is 6. The van der Waals surface area contributed by atoms with Crippen molar-refractivity contribution in [2.75, 3.05) is 30.8 Å². The molecule has 0 aliphatic carbocycles. The monoisotopic (exact) mass is 232 g/mol. The molecular weight excluding hydrogens is 216 g/mol. The van der Waals surface area contributed by atoms with E-state index in [1.807, 2.05) is 13.0 Å². The Kier molecular flexibility index (Phi) is 4.98. The average molecular weight is 232 g/mol. The molecule has 5 heteroatoms. The minimum Gasteiger partial charge on any atom is -0.396 e. The van der Waals surface area contributed by atoms with Gasteiger partial charge in [0.05, 0.1) is 24.5 Å². The van der Waals surface area contributed by atoms with Crippen LogP contribution in [0.2, 0.25) is 0 Å². The van der Waals surface area contributed by atoms with Crippen molar-refractivity contribution in [2.24, 2.45) is 0 Å². The lowest BCUT2D eigenvalue weighted by Crippen LogP contribution is -2.12. The molecule has 0 radical (unpaired) electrons. The van der Waals surface area contributed by atoms with Gasteiger partial charge >= 0.3 is 0 Å². The predicted molar refractivity (Wildman–Crippen MR) is 67.5 cm³/mol. The van der Waals surface area contributed by atoms with Crippen LogP contribution in [0, 0.1) is 11.3 Å². The van der Waals surface area contributed by atoms with Gasteiger partial charge in [-0.05, 0) is 13.0 Å². The molecule has 0 fully saturated rings. The van der Waals surface area contributed by atoms with Crippen LogP contribution in [0.15, 0.2) is 24.4 Å². The maximum absolute atomic E-state index is 8.66. The van der Waals surface area contributed by atoms with E-state index >= 15 is 0 Å². The van der Waals surface area contributed by atoms with Crippen molar-refractivity contribution in [2.45, 2.75) is 6.92 Å². The van der Waals surface area contributed by atoms with E-state index in [0.717, 1.165) is 5.57 Å². The minimum atomic E-state index is 0.451. The van der Waals surface area contributed by atoms with Crippen molar-refractivity contribution >= 4 is 11.5 Å². The molecule has 1 aromatic heterocycles. The zero-order valence-electron chi connectivity index (χ0n) is 9.86. The van der Waals surface area contributed by atoms with Crippen LogP contribution in [-0.2, 0) is 4.74 Å². The number of anilines is 2. The number of aromatic nitrogens is 1. The lowest BCUT2D eigenvalue weighted by atomic mass is 10.3. The van der Waals surface area contributed by atoms with Crippen molar-refractivity contribution in [1.29, 1.82) is 5.26 Å². The van der Waals surface area contributed by atoms with Crippen molar-refractivity contribution in [3.63, 3.8) is 0 Å². The van der Waals surface area contributed by atoms with Gasteiger partial charge in [0.15, 0.2) is 0 Å². The maximum Gasteiger partial charge on any atom is 0.149 e. The molecule has 90 valence electrons. The molecule has 5 nitrogen and oxygen atoms in total. The van der Waals surface area contributed by atoms with Gasteiger partial charge < -0.3 is 15.8 Å². The Morgan fingerprint density at radius 1 is 1.71 bits per heavy atom. The van der Waals surface area contributed by atoms with Gasteiger partial charge in [-0.15, -0.1) is 0 Å². The first-order chi connectivity index (χ1) is 8.13. The molecule has 0 bridgehead atoms. The molecule has 1 heterocycles. The van der Waals surface area contributed by atoms with E-state index < -0.39 is 0 Å². The molecule has 0 aliphatic rings. The molecule has 17 heavy (non-hydrogen) atoms. The first kappa shape index (κ1) is 13.0. The van der Waals surface area contributed by atoms with Crippen LogP contribution in [0.3, 0.4) is 0 Å². The largest absolute Gasteiger partial charge is 0.396 e. The van der Waals surface area contributed by atoms with Gasteiger partial charge in [0.1, 0.15) is 11.9 Å². The third kappa shape index (κ3) is 4.53. The summed E-state index contributed by atoms with van der Waals surface area (Å²) in [4.78, 5) is 4.05. The summed E-state index contributed by atoms with van der Waals surface area (Å²) in [6.45, 7) is 7.36. The van der Waals surface area contributed by atoms with E-state index in [-0.39, 0.29) is 0 Å². The van der Waals surface area contributed by atoms with Gasteiger partial charge in [-0.1, -0.05) is 12.2 Å². The van der Waals surface area contributed by atoms with Gasteiger partial charge in [-0.3, -0.25) is 0 Å². The van der Waals surface area contributed by atoms with E-state index in [2.05, 4.69) is 16.9 Å².